The summed E-state index contributed by atoms with van der Waals surface area (Å²) in [4.78, 5) is 39.8. The van der Waals surface area contributed by atoms with Crippen molar-refractivity contribution in [1.29, 1.82) is 0 Å². The molecular weight excluding hydrogens is 422 g/mol. The summed E-state index contributed by atoms with van der Waals surface area (Å²) in [5, 5.41) is 5.76. The summed E-state index contributed by atoms with van der Waals surface area (Å²) >= 11 is 0. The van der Waals surface area contributed by atoms with Crippen LogP contribution in [0.1, 0.15) is 48.9 Å². The SMILES string of the molecule is C[C@]1(c2ccc3c(c2)OCCCO3)NC(=O)N(CC(=O)N[C@H]2CCCc3ccccc32)C1=O. The highest BCUT2D eigenvalue weighted by atomic mass is 16.5. The van der Waals surface area contributed by atoms with E-state index in [-0.39, 0.29) is 18.5 Å². The molecule has 2 atom stereocenters. The Bertz CT molecular complexity index is 1120. The van der Waals surface area contributed by atoms with Crippen LogP contribution in [0, 0.1) is 0 Å². The average molecular weight is 450 g/mol. The molecule has 0 radical (unpaired) electrons. The zero-order valence-electron chi connectivity index (χ0n) is 18.6. The van der Waals surface area contributed by atoms with Crippen LogP contribution < -0.4 is 20.1 Å². The molecule has 1 fully saturated rings. The van der Waals surface area contributed by atoms with E-state index in [2.05, 4.69) is 16.7 Å². The molecule has 5 rings (SSSR count). The molecule has 2 aromatic rings. The van der Waals surface area contributed by atoms with Gasteiger partial charge in [0.25, 0.3) is 5.91 Å². The Labute approximate surface area is 192 Å². The lowest BCUT2D eigenvalue weighted by Crippen LogP contribution is -2.44. The van der Waals surface area contributed by atoms with Crippen LogP contribution in [-0.4, -0.2) is 42.5 Å². The number of carbonyl (C=O) groups excluding carboxylic acids is 3. The Morgan fingerprint density at radius 2 is 1.91 bits per heavy atom. The van der Waals surface area contributed by atoms with Gasteiger partial charge in [0.05, 0.1) is 19.3 Å². The van der Waals surface area contributed by atoms with Crippen molar-refractivity contribution in [3.63, 3.8) is 0 Å². The molecule has 0 aromatic heterocycles. The first kappa shape index (κ1) is 21.3. The van der Waals surface area contributed by atoms with E-state index in [1.807, 2.05) is 18.2 Å². The number of rotatable bonds is 4. The lowest BCUT2D eigenvalue weighted by Gasteiger charge is -2.27. The van der Waals surface area contributed by atoms with Crippen molar-refractivity contribution in [2.24, 2.45) is 0 Å². The second kappa shape index (κ2) is 8.42. The van der Waals surface area contributed by atoms with Crippen LogP contribution >= 0.6 is 0 Å². The highest BCUT2D eigenvalue weighted by Crippen LogP contribution is 2.36. The number of aryl methyl sites for hydroxylation is 1. The van der Waals surface area contributed by atoms with Crippen molar-refractivity contribution >= 4 is 17.8 Å². The number of urea groups is 1. The fourth-order valence-electron chi connectivity index (χ4n) is 4.80. The van der Waals surface area contributed by atoms with Gasteiger partial charge in [0, 0.05) is 6.42 Å². The number of carbonyl (C=O) groups is 3. The molecule has 8 heteroatoms. The van der Waals surface area contributed by atoms with Gasteiger partial charge in [0.2, 0.25) is 5.91 Å². The number of hydrogen-bond donors (Lipinski definition) is 2. The van der Waals surface area contributed by atoms with Gasteiger partial charge in [-0.1, -0.05) is 30.3 Å². The van der Waals surface area contributed by atoms with Crippen molar-refractivity contribution in [3.05, 3.63) is 59.2 Å². The first-order valence-electron chi connectivity index (χ1n) is 11.4. The number of amides is 4. The Hall–Kier alpha value is -3.55. The molecule has 1 aliphatic carbocycles. The van der Waals surface area contributed by atoms with Gasteiger partial charge in [-0.15, -0.1) is 0 Å². The van der Waals surface area contributed by atoms with E-state index in [4.69, 9.17) is 9.47 Å². The monoisotopic (exact) mass is 449 g/mol. The van der Waals surface area contributed by atoms with Gasteiger partial charge >= 0.3 is 6.03 Å². The number of imide groups is 1. The Morgan fingerprint density at radius 1 is 1.12 bits per heavy atom. The van der Waals surface area contributed by atoms with Crippen LogP contribution in [0.25, 0.3) is 0 Å². The maximum Gasteiger partial charge on any atom is 0.325 e. The number of nitrogens with one attached hydrogen (secondary N) is 2. The third-order valence-electron chi connectivity index (χ3n) is 6.61. The highest BCUT2D eigenvalue weighted by molar-refractivity contribution is 6.09. The average Bonchev–Trinajstić information content (AvgIpc) is 2.98. The smallest absolute Gasteiger partial charge is 0.325 e. The molecule has 2 heterocycles. The predicted molar refractivity (Wildman–Crippen MR) is 120 cm³/mol. The van der Waals surface area contributed by atoms with Crippen LogP contribution in [0.15, 0.2) is 42.5 Å². The topological polar surface area (TPSA) is 97.0 Å². The van der Waals surface area contributed by atoms with E-state index >= 15 is 0 Å². The maximum absolute atomic E-state index is 13.3. The molecule has 0 unspecified atom stereocenters. The van der Waals surface area contributed by atoms with E-state index in [1.54, 1.807) is 25.1 Å². The molecule has 0 spiro atoms. The summed E-state index contributed by atoms with van der Waals surface area (Å²) in [5.41, 5.74) is 1.62. The third-order valence-corrected chi connectivity index (χ3v) is 6.61. The number of fused-ring (bicyclic) bond motifs is 2. The van der Waals surface area contributed by atoms with E-state index in [0.29, 0.717) is 30.3 Å². The largest absolute Gasteiger partial charge is 0.490 e. The van der Waals surface area contributed by atoms with Crippen LogP contribution in [-0.2, 0) is 21.5 Å². The fourth-order valence-corrected chi connectivity index (χ4v) is 4.80. The minimum absolute atomic E-state index is 0.115. The van der Waals surface area contributed by atoms with E-state index in [0.717, 1.165) is 36.1 Å². The number of hydrogen-bond acceptors (Lipinski definition) is 5. The number of benzene rings is 2. The normalized spacial score (nSPS) is 24.0. The van der Waals surface area contributed by atoms with Gasteiger partial charge in [-0.3, -0.25) is 14.5 Å². The van der Waals surface area contributed by atoms with Crippen molar-refractivity contribution in [3.8, 4) is 11.5 Å². The van der Waals surface area contributed by atoms with Gasteiger partial charge in [-0.05, 0) is 55.0 Å². The third kappa shape index (κ3) is 3.90. The molecule has 1 saturated heterocycles. The Kier molecular flexibility index (Phi) is 5.44. The second-order valence-corrected chi connectivity index (χ2v) is 8.87. The minimum atomic E-state index is -1.29. The quantitative estimate of drug-likeness (QED) is 0.700. The highest BCUT2D eigenvalue weighted by Gasteiger charge is 2.50. The standard InChI is InChI=1S/C25H27N3O5/c1-25(17-10-11-20-21(14-17)33-13-5-12-32-20)23(30)28(24(31)27-25)15-22(29)26-19-9-4-7-16-6-2-3-8-18(16)19/h2-3,6,8,10-11,14,19H,4-5,7,9,12-13,15H2,1H3,(H,26,29)(H,27,31)/t19-,25+/m0/s1. The van der Waals surface area contributed by atoms with Crippen molar-refractivity contribution in [2.75, 3.05) is 19.8 Å². The van der Waals surface area contributed by atoms with Crippen molar-refractivity contribution in [1.82, 2.24) is 15.5 Å². The summed E-state index contributed by atoms with van der Waals surface area (Å²) in [7, 11) is 0. The lowest BCUT2D eigenvalue weighted by molar-refractivity contribution is -0.135. The van der Waals surface area contributed by atoms with Gasteiger partial charge in [-0.25, -0.2) is 4.79 Å². The first-order chi connectivity index (χ1) is 16.0. The summed E-state index contributed by atoms with van der Waals surface area (Å²) in [6, 6.07) is 12.6. The van der Waals surface area contributed by atoms with Crippen LogP contribution in [0.5, 0.6) is 11.5 Å². The summed E-state index contributed by atoms with van der Waals surface area (Å²) < 4.78 is 11.4. The molecule has 3 aliphatic rings. The van der Waals surface area contributed by atoms with Gasteiger partial charge < -0.3 is 20.1 Å². The van der Waals surface area contributed by atoms with Crippen LogP contribution in [0.4, 0.5) is 4.79 Å². The lowest BCUT2D eigenvalue weighted by atomic mass is 9.88. The molecular formula is C25H27N3O5. The first-order valence-corrected chi connectivity index (χ1v) is 11.4. The van der Waals surface area contributed by atoms with Crippen LogP contribution in [0.3, 0.4) is 0 Å². The maximum atomic E-state index is 13.3. The van der Waals surface area contributed by atoms with E-state index < -0.39 is 17.5 Å². The van der Waals surface area contributed by atoms with E-state index in [9.17, 15) is 14.4 Å². The molecule has 2 aliphatic heterocycles. The minimum Gasteiger partial charge on any atom is -0.490 e. The van der Waals surface area contributed by atoms with Crippen molar-refractivity contribution in [2.45, 2.75) is 44.2 Å². The zero-order valence-corrected chi connectivity index (χ0v) is 18.6. The van der Waals surface area contributed by atoms with Gasteiger partial charge in [-0.2, -0.15) is 0 Å². The molecule has 172 valence electrons. The Balaban J connectivity index is 1.31. The number of nitrogens with zero attached hydrogens (tertiary/aromatic N) is 1. The summed E-state index contributed by atoms with van der Waals surface area (Å²) in [5.74, 6) is 0.324. The molecule has 0 bridgehead atoms. The second-order valence-electron chi connectivity index (χ2n) is 8.87. The predicted octanol–water partition coefficient (Wildman–Crippen LogP) is 2.81. The summed E-state index contributed by atoms with van der Waals surface area (Å²) in [6.45, 7) is 2.39. The van der Waals surface area contributed by atoms with Gasteiger partial charge in [0.1, 0.15) is 12.1 Å². The van der Waals surface area contributed by atoms with Crippen molar-refractivity contribution < 1.29 is 23.9 Å². The molecule has 8 nitrogen and oxygen atoms in total. The molecule has 4 amide bonds. The molecule has 2 N–H and O–H groups in total. The fraction of sp³-hybridized carbons (Fsp3) is 0.400. The molecule has 0 saturated carbocycles. The van der Waals surface area contributed by atoms with E-state index in [1.165, 1.54) is 5.56 Å². The van der Waals surface area contributed by atoms with Gasteiger partial charge in [0.15, 0.2) is 11.5 Å². The summed E-state index contributed by atoms with van der Waals surface area (Å²) in [6.07, 6.45) is 3.57. The molecule has 33 heavy (non-hydrogen) atoms. The Morgan fingerprint density at radius 3 is 2.76 bits per heavy atom. The van der Waals surface area contributed by atoms with Crippen LogP contribution in [0.2, 0.25) is 0 Å². The molecule has 2 aromatic carbocycles. The number of ether oxygens (including phenoxy) is 2. The zero-order chi connectivity index (χ0) is 23.0.